The molecule has 2 aromatic rings. The molecule has 2 amide bonds. The molecule has 2 aromatic carbocycles. The molecule has 3 N–H and O–H groups in total. The van der Waals surface area contributed by atoms with Crippen LogP contribution in [0.15, 0.2) is 65.6 Å². The smallest absolute Gasteiger partial charge is 0.340 e. The Kier molecular flexibility index (Phi) is 9.61. The zero-order valence-corrected chi connectivity index (χ0v) is 19.0. The zero-order valence-electron chi connectivity index (χ0n) is 17.4. The molecule has 32 heavy (non-hydrogen) atoms. The predicted octanol–water partition coefficient (Wildman–Crippen LogP) is 3.70. The van der Waals surface area contributed by atoms with E-state index in [0.717, 1.165) is 31.0 Å². The Labute approximate surface area is 193 Å². The largest absolute Gasteiger partial charge is 0.481 e. The molecule has 0 aliphatic heterocycles. The van der Waals surface area contributed by atoms with E-state index in [1.165, 1.54) is 6.92 Å². The van der Waals surface area contributed by atoms with Crippen molar-refractivity contribution in [2.75, 3.05) is 6.54 Å². The van der Waals surface area contributed by atoms with Crippen LogP contribution in [0.4, 0.5) is 0 Å². The van der Waals surface area contributed by atoms with Gasteiger partial charge < -0.3 is 15.5 Å². The van der Waals surface area contributed by atoms with Crippen LogP contribution in [0.3, 0.4) is 0 Å². The number of nitrogens with zero attached hydrogens (tertiary/aromatic N) is 1. The fourth-order valence-electron chi connectivity index (χ4n) is 2.84. The number of hydrogen-bond acceptors (Lipinski definition) is 6. The minimum absolute atomic E-state index is 0.0238. The van der Waals surface area contributed by atoms with Crippen molar-refractivity contribution >= 4 is 45.5 Å². The lowest BCUT2D eigenvalue weighted by Crippen LogP contribution is -2.62. The van der Waals surface area contributed by atoms with Gasteiger partial charge in [0, 0.05) is 34.4 Å². The van der Waals surface area contributed by atoms with Crippen molar-refractivity contribution in [1.29, 1.82) is 0 Å². The summed E-state index contributed by atoms with van der Waals surface area (Å²) in [6.07, 6.45) is -0.217. The van der Waals surface area contributed by atoms with Crippen molar-refractivity contribution in [2.45, 2.75) is 36.6 Å². The van der Waals surface area contributed by atoms with Crippen LogP contribution in [0.2, 0.25) is 0 Å². The third-order valence-corrected chi connectivity index (χ3v) is 7.01. The van der Waals surface area contributed by atoms with Gasteiger partial charge in [0.25, 0.3) is 11.8 Å². The Bertz CT molecular complexity index is 942. The van der Waals surface area contributed by atoms with Crippen molar-refractivity contribution in [3.05, 3.63) is 66.2 Å². The summed E-state index contributed by atoms with van der Waals surface area (Å²) in [7, 11) is 2.04. The molecule has 2 rings (SSSR count). The Balaban J connectivity index is 2.38. The van der Waals surface area contributed by atoms with Crippen LogP contribution in [0.25, 0.3) is 0 Å². The minimum Gasteiger partial charge on any atom is -0.481 e. The van der Waals surface area contributed by atoms with Gasteiger partial charge in [-0.05, 0) is 47.9 Å². The number of hydrogen-bond donors (Lipinski definition) is 3. The molecule has 8 nitrogen and oxygen atoms in total. The molecule has 1 unspecified atom stereocenters. The van der Waals surface area contributed by atoms with Crippen LogP contribution >= 0.6 is 21.8 Å². The number of aliphatic carboxylic acids is 2. The Hall–Kier alpha value is -2.98. The highest BCUT2D eigenvalue weighted by atomic mass is 33.1. The summed E-state index contributed by atoms with van der Waals surface area (Å²) in [6, 6.07) is 17.2. The van der Waals surface area contributed by atoms with Gasteiger partial charge in [-0.2, -0.15) is 0 Å². The predicted molar refractivity (Wildman–Crippen MR) is 123 cm³/mol. The van der Waals surface area contributed by atoms with Gasteiger partial charge in [-0.25, -0.2) is 9.10 Å². The van der Waals surface area contributed by atoms with Gasteiger partial charge in [0.1, 0.15) is 0 Å². The van der Waals surface area contributed by atoms with Crippen LogP contribution in [0.1, 0.15) is 36.5 Å². The quantitative estimate of drug-likeness (QED) is 0.183. The minimum atomic E-state index is -2.19. The Morgan fingerprint density at radius 3 is 2.09 bits per heavy atom. The second-order valence-electron chi connectivity index (χ2n) is 6.71. The highest BCUT2D eigenvalue weighted by molar-refractivity contribution is 8.76. The number of amides is 2. The number of carboxylic acids is 2. The number of nitrogens with one attached hydrogen (secondary N) is 1. The first kappa shape index (κ1) is 25.3. The maximum Gasteiger partial charge on any atom is 0.340 e. The van der Waals surface area contributed by atoms with E-state index in [0.29, 0.717) is 0 Å². The van der Waals surface area contributed by atoms with Crippen molar-refractivity contribution in [3.63, 3.8) is 0 Å². The Morgan fingerprint density at radius 1 is 0.969 bits per heavy atom. The van der Waals surface area contributed by atoms with Crippen LogP contribution in [0, 0.1) is 0 Å². The maximum atomic E-state index is 13.4. The molecule has 0 aromatic heterocycles. The topological polar surface area (TPSA) is 124 Å². The second kappa shape index (κ2) is 12.2. The number of benzene rings is 2. The van der Waals surface area contributed by atoms with Gasteiger partial charge in [-0.15, -0.1) is 0 Å². The number of carbonyl (C=O) groups is 4. The van der Waals surface area contributed by atoms with Gasteiger partial charge in [-0.1, -0.05) is 43.3 Å². The van der Waals surface area contributed by atoms with Crippen molar-refractivity contribution in [2.24, 2.45) is 0 Å². The first-order valence-corrected chi connectivity index (χ1v) is 12.0. The average Bonchev–Trinajstić information content (AvgIpc) is 2.80. The highest BCUT2D eigenvalue weighted by Gasteiger charge is 2.53. The van der Waals surface area contributed by atoms with E-state index in [1.807, 2.05) is 30.3 Å². The lowest BCUT2D eigenvalue weighted by Gasteiger charge is -2.37. The summed E-state index contributed by atoms with van der Waals surface area (Å²) in [5.41, 5.74) is -1.95. The lowest BCUT2D eigenvalue weighted by atomic mass is 9.94. The van der Waals surface area contributed by atoms with E-state index in [1.54, 1.807) is 30.3 Å². The molecule has 0 fully saturated rings. The maximum absolute atomic E-state index is 13.4. The molecular weight excluding hydrogens is 452 g/mol. The van der Waals surface area contributed by atoms with Crippen LogP contribution < -0.4 is 5.32 Å². The number of rotatable bonds is 12. The normalized spacial score (nSPS) is 12.4. The molecular formula is C22H24N2O6S2. The van der Waals surface area contributed by atoms with E-state index in [-0.39, 0.29) is 31.4 Å². The van der Waals surface area contributed by atoms with Gasteiger partial charge in [0.15, 0.2) is 0 Å². The molecule has 0 saturated heterocycles. The van der Waals surface area contributed by atoms with Crippen molar-refractivity contribution < 1.29 is 29.4 Å². The van der Waals surface area contributed by atoms with E-state index in [4.69, 9.17) is 5.11 Å². The SMILES string of the molecule is CCC(C(=O)O)(C(=O)NCCCC(=O)O)N(SSc1ccccc1)C(=O)c1ccccc1. The molecule has 10 heteroatoms. The zero-order chi connectivity index (χ0) is 23.6. The van der Waals surface area contributed by atoms with Gasteiger partial charge in [0.05, 0.1) is 0 Å². The fraction of sp³-hybridized carbons (Fsp3) is 0.273. The Morgan fingerprint density at radius 2 is 1.56 bits per heavy atom. The molecule has 0 aliphatic rings. The number of carbonyl (C=O) groups excluding carboxylic acids is 2. The van der Waals surface area contributed by atoms with Crippen LogP contribution in [0.5, 0.6) is 0 Å². The third-order valence-electron chi connectivity index (χ3n) is 4.60. The lowest BCUT2D eigenvalue weighted by molar-refractivity contribution is -0.154. The van der Waals surface area contributed by atoms with E-state index in [2.05, 4.69) is 5.32 Å². The first-order chi connectivity index (χ1) is 15.3. The van der Waals surface area contributed by atoms with Crippen molar-refractivity contribution in [1.82, 2.24) is 9.62 Å². The molecule has 0 radical (unpaired) electrons. The van der Waals surface area contributed by atoms with E-state index >= 15 is 0 Å². The molecule has 0 saturated carbocycles. The van der Waals surface area contributed by atoms with E-state index < -0.39 is 29.3 Å². The first-order valence-electron chi connectivity index (χ1n) is 9.85. The van der Waals surface area contributed by atoms with Gasteiger partial charge in [0.2, 0.25) is 5.54 Å². The summed E-state index contributed by atoms with van der Waals surface area (Å²) < 4.78 is 0.995. The summed E-state index contributed by atoms with van der Waals surface area (Å²) in [5.74, 6) is -3.98. The van der Waals surface area contributed by atoms with Crippen LogP contribution in [-0.2, 0) is 14.4 Å². The highest BCUT2D eigenvalue weighted by Crippen LogP contribution is 2.41. The van der Waals surface area contributed by atoms with Crippen molar-refractivity contribution in [3.8, 4) is 0 Å². The second-order valence-corrected chi connectivity index (χ2v) is 8.81. The van der Waals surface area contributed by atoms with E-state index in [9.17, 15) is 24.3 Å². The summed E-state index contributed by atoms with van der Waals surface area (Å²) in [4.78, 5) is 50.4. The third kappa shape index (κ3) is 6.27. The standard InChI is InChI=1S/C22H24N2O6S2/c1-2-22(21(29)30,20(28)23-15-9-14-18(25)26)24(19(27)16-10-5-3-6-11-16)32-31-17-12-7-4-8-13-17/h3-8,10-13H,2,9,14-15H2,1H3,(H,23,28)(H,25,26)(H,29,30). The van der Waals surface area contributed by atoms with Gasteiger partial charge in [-0.3, -0.25) is 14.4 Å². The van der Waals surface area contributed by atoms with Gasteiger partial charge >= 0.3 is 11.9 Å². The molecule has 0 heterocycles. The summed E-state index contributed by atoms with van der Waals surface area (Å²) >= 11 is 0. The molecule has 0 spiro atoms. The van der Waals surface area contributed by atoms with Crippen LogP contribution in [-0.4, -0.2) is 50.4 Å². The molecule has 0 bridgehead atoms. The summed E-state index contributed by atoms with van der Waals surface area (Å²) in [6.45, 7) is 1.49. The average molecular weight is 477 g/mol. The monoisotopic (exact) mass is 476 g/mol. The number of carboxylic acid groups (broad SMARTS) is 2. The molecule has 0 aliphatic carbocycles. The summed E-state index contributed by atoms with van der Waals surface area (Å²) in [5, 5.41) is 21.4. The molecule has 170 valence electrons. The fourth-order valence-corrected chi connectivity index (χ4v) is 5.26. The molecule has 1 atom stereocenters.